The number of aromatic amines is 1. The first-order valence-corrected chi connectivity index (χ1v) is 11.9. The Morgan fingerprint density at radius 1 is 0.921 bits per heavy atom. The molecule has 0 bridgehead atoms. The van der Waals surface area contributed by atoms with Crippen molar-refractivity contribution in [3.63, 3.8) is 0 Å². The lowest BCUT2D eigenvalue weighted by Gasteiger charge is -2.31. The Balaban J connectivity index is 2.13. The summed E-state index contributed by atoms with van der Waals surface area (Å²) >= 11 is 0. The predicted molar refractivity (Wildman–Crippen MR) is 142 cm³/mol. The number of aromatic nitrogens is 1. The van der Waals surface area contributed by atoms with Crippen LogP contribution in [0.1, 0.15) is 56.1 Å². The van der Waals surface area contributed by atoms with Gasteiger partial charge in [-0.1, -0.05) is 46.8 Å². The molecule has 0 aliphatic carbocycles. The number of hydrogen-bond donors (Lipinski definition) is 2. The Bertz CT molecular complexity index is 1430. The van der Waals surface area contributed by atoms with Crippen LogP contribution in [0, 0.1) is 0 Å². The quantitative estimate of drug-likeness (QED) is 0.329. The number of hydrogen-bond acceptors (Lipinski definition) is 8. The van der Waals surface area contributed by atoms with Crippen molar-refractivity contribution in [2.75, 3.05) is 26.1 Å². The number of fused-ring (bicyclic) bond motifs is 1. The summed E-state index contributed by atoms with van der Waals surface area (Å²) < 4.78 is 19.9. The highest BCUT2D eigenvalue weighted by Crippen LogP contribution is 2.41. The normalized spacial score (nSPS) is 11.6. The number of pyridine rings is 1. The van der Waals surface area contributed by atoms with Crippen LogP contribution in [0.4, 0.5) is 15.3 Å². The van der Waals surface area contributed by atoms with E-state index in [9.17, 15) is 19.2 Å². The zero-order chi connectivity index (χ0) is 28.3. The molecule has 10 heteroatoms. The molecule has 202 valence electrons. The molecule has 38 heavy (non-hydrogen) atoms. The molecule has 0 radical (unpaired) electrons. The van der Waals surface area contributed by atoms with Crippen molar-refractivity contribution in [2.24, 2.45) is 0 Å². The van der Waals surface area contributed by atoms with Gasteiger partial charge >= 0.3 is 12.3 Å². The van der Waals surface area contributed by atoms with E-state index in [2.05, 4.69) is 19.8 Å². The highest BCUT2D eigenvalue weighted by molar-refractivity contribution is 6.06. The molecule has 2 aromatic carbocycles. The van der Waals surface area contributed by atoms with Crippen molar-refractivity contribution in [1.29, 1.82) is 0 Å². The molecule has 1 amide bonds. The van der Waals surface area contributed by atoms with Gasteiger partial charge in [-0.15, -0.1) is 0 Å². The Morgan fingerprint density at radius 2 is 1.58 bits per heavy atom. The zero-order valence-corrected chi connectivity index (χ0v) is 22.5. The van der Waals surface area contributed by atoms with Crippen molar-refractivity contribution >= 4 is 34.8 Å². The van der Waals surface area contributed by atoms with Crippen LogP contribution < -0.4 is 15.5 Å². The Hall–Kier alpha value is -4.34. The summed E-state index contributed by atoms with van der Waals surface area (Å²) in [5, 5.41) is 3.20. The molecule has 3 rings (SSSR count). The molecule has 1 heterocycles. The van der Waals surface area contributed by atoms with Gasteiger partial charge in [-0.2, -0.15) is 0 Å². The van der Waals surface area contributed by atoms with Gasteiger partial charge in [0.15, 0.2) is 0 Å². The van der Waals surface area contributed by atoms with Gasteiger partial charge in [-0.25, -0.2) is 9.59 Å². The van der Waals surface area contributed by atoms with Gasteiger partial charge in [-0.3, -0.25) is 9.59 Å². The minimum absolute atomic E-state index is 0.0742. The fraction of sp³-hybridized carbons (Fsp3) is 0.357. The number of carbonyl (C=O) groups excluding carboxylic acids is 3. The van der Waals surface area contributed by atoms with E-state index >= 15 is 0 Å². The van der Waals surface area contributed by atoms with Crippen LogP contribution in [0.15, 0.2) is 47.4 Å². The van der Waals surface area contributed by atoms with Gasteiger partial charge in [0.05, 0.1) is 14.2 Å². The molecular weight excluding hydrogens is 492 g/mol. The van der Waals surface area contributed by atoms with E-state index in [-0.39, 0.29) is 17.9 Å². The van der Waals surface area contributed by atoms with Gasteiger partial charge in [0.2, 0.25) is 5.43 Å². The molecular formula is C28H32N2O8. The first-order chi connectivity index (χ1) is 17.8. The van der Waals surface area contributed by atoms with E-state index in [0.717, 1.165) is 0 Å². The zero-order valence-electron chi connectivity index (χ0n) is 22.5. The minimum atomic E-state index is -0.970. The highest BCUT2D eigenvalue weighted by atomic mass is 16.7. The predicted octanol–water partition coefficient (Wildman–Crippen LogP) is 5.28. The highest BCUT2D eigenvalue weighted by Gasteiger charge is 2.32. The molecule has 0 aliphatic heterocycles. The number of rotatable bonds is 6. The molecule has 0 atom stereocenters. The van der Waals surface area contributed by atoms with Crippen LogP contribution in [-0.2, 0) is 25.0 Å². The molecule has 0 spiro atoms. The molecule has 0 saturated carbocycles. The minimum Gasteiger partial charge on any atom is -0.438 e. The maximum atomic E-state index is 13.3. The van der Waals surface area contributed by atoms with Crippen LogP contribution in [-0.4, -0.2) is 44.0 Å². The third-order valence-corrected chi connectivity index (χ3v) is 6.02. The fourth-order valence-electron chi connectivity index (χ4n) is 3.95. The number of para-hydroxylation sites is 1. The van der Waals surface area contributed by atoms with Crippen LogP contribution in [0.2, 0.25) is 0 Å². The number of methoxy groups -OCH3 is 2. The molecule has 0 fully saturated rings. The van der Waals surface area contributed by atoms with Crippen LogP contribution in [0.3, 0.4) is 0 Å². The van der Waals surface area contributed by atoms with E-state index < -0.39 is 34.5 Å². The number of amides is 1. The van der Waals surface area contributed by atoms with Gasteiger partial charge in [-0.05, 0) is 29.2 Å². The first-order valence-electron chi connectivity index (χ1n) is 11.9. The van der Waals surface area contributed by atoms with Crippen molar-refractivity contribution in [3.05, 3.63) is 69.5 Å². The lowest BCUT2D eigenvalue weighted by molar-refractivity contribution is 0.0571. The number of carbonyl (C=O) groups is 3. The van der Waals surface area contributed by atoms with Crippen LogP contribution in [0.5, 0.6) is 5.75 Å². The third kappa shape index (κ3) is 6.13. The summed E-state index contributed by atoms with van der Waals surface area (Å²) in [7, 11) is 2.38. The van der Waals surface area contributed by atoms with Crippen molar-refractivity contribution in [3.8, 4) is 5.75 Å². The summed E-state index contributed by atoms with van der Waals surface area (Å²) in [5.41, 5.74) is 0.347. The summed E-state index contributed by atoms with van der Waals surface area (Å²) in [4.78, 5) is 53.0. The number of ether oxygens (including phenoxy) is 4. The number of nitrogens with one attached hydrogen (secondary N) is 2. The lowest BCUT2D eigenvalue weighted by Crippen LogP contribution is -2.29. The second-order valence-corrected chi connectivity index (χ2v) is 10.4. The summed E-state index contributed by atoms with van der Waals surface area (Å²) in [5.74, 6) is -0.543. The molecule has 3 aromatic rings. The van der Waals surface area contributed by atoms with E-state index in [1.807, 2.05) is 20.8 Å². The maximum absolute atomic E-state index is 13.3. The Morgan fingerprint density at radius 3 is 2.21 bits per heavy atom. The Labute approximate surface area is 220 Å². The van der Waals surface area contributed by atoms with Crippen LogP contribution >= 0.6 is 0 Å². The van der Waals surface area contributed by atoms with E-state index in [1.165, 1.54) is 26.5 Å². The topological polar surface area (TPSA) is 133 Å². The van der Waals surface area contributed by atoms with Gasteiger partial charge in [0.1, 0.15) is 17.9 Å². The van der Waals surface area contributed by atoms with Crippen molar-refractivity contribution in [2.45, 2.75) is 45.4 Å². The SMILES string of the molecule is COC(=O)OCC(C)(C)c1cc(C(C)(C)C)c(NC(=O)c2c[nH]c3ccccc3c2=O)cc1OC(=O)OC. The summed E-state index contributed by atoms with van der Waals surface area (Å²) in [6, 6.07) is 10.2. The number of anilines is 1. The molecule has 0 unspecified atom stereocenters. The fourth-order valence-corrected chi connectivity index (χ4v) is 3.95. The largest absolute Gasteiger partial charge is 0.513 e. The smallest absolute Gasteiger partial charge is 0.438 e. The van der Waals surface area contributed by atoms with Gasteiger partial charge < -0.3 is 29.2 Å². The van der Waals surface area contributed by atoms with E-state index in [0.29, 0.717) is 27.7 Å². The molecule has 0 aliphatic rings. The van der Waals surface area contributed by atoms with Crippen molar-refractivity contribution < 1.29 is 33.3 Å². The van der Waals surface area contributed by atoms with E-state index in [4.69, 9.17) is 9.47 Å². The standard InChI is InChI=1S/C28H32N2O8/c1-27(2,3)18-12-19(28(4,5)15-37-25(33)35-6)22(38-26(34)36-7)13-21(18)30-24(32)17-14-29-20-11-9-8-10-16(20)23(17)31/h8-14H,15H2,1-7H3,(H,29,31)(H,30,32). The van der Waals surface area contributed by atoms with Crippen LogP contribution in [0.25, 0.3) is 10.9 Å². The molecule has 10 nitrogen and oxygen atoms in total. The monoisotopic (exact) mass is 524 g/mol. The average Bonchev–Trinajstić information content (AvgIpc) is 2.86. The van der Waals surface area contributed by atoms with Gasteiger partial charge in [0, 0.05) is 39.8 Å². The first kappa shape index (κ1) is 28.2. The molecule has 2 N–H and O–H groups in total. The summed E-state index contributed by atoms with van der Waals surface area (Å²) in [6.07, 6.45) is -0.457. The molecule has 0 saturated heterocycles. The third-order valence-electron chi connectivity index (χ3n) is 6.02. The lowest BCUT2D eigenvalue weighted by atomic mass is 9.78. The number of H-pyrrole nitrogens is 1. The second kappa shape index (κ2) is 11.0. The van der Waals surface area contributed by atoms with Gasteiger partial charge in [0.25, 0.3) is 5.91 Å². The maximum Gasteiger partial charge on any atom is 0.513 e. The second-order valence-electron chi connectivity index (χ2n) is 10.4. The summed E-state index contributed by atoms with van der Waals surface area (Å²) in [6.45, 7) is 9.36. The Kier molecular flexibility index (Phi) is 8.14. The average molecular weight is 525 g/mol. The van der Waals surface area contributed by atoms with E-state index in [1.54, 1.807) is 44.2 Å². The molecule has 1 aromatic heterocycles. The van der Waals surface area contributed by atoms with Crippen molar-refractivity contribution in [1.82, 2.24) is 4.98 Å². The number of benzene rings is 2.